The van der Waals surface area contributed by atoms with Crippen molar-refractivity contribution in [3.8, 4) is 6.07 Å². The molecule has 2 aromatic carbocycles. The zero-order chi connectivity index (χ0) is 15.5. The second-order valence-electron chi connectivity index (χ2n) is 4.67. The molecule has 0 amide bonds. The van der Waals surface area contributed by atoms with Gasteiger partial charge >= 0.3 is 0 Å². The summed E-state index contributed by atoms with van der Waals surface area (Å²) in [5.41, 5.74) is 1.49. The maximum Gasteiger partial charge on any atom is 0.123 e. The van der Waals surface area contributed by atoms with Crippen LogP contribution in [-0.4, -0.2) is 4.98 Å². The van der Waals surface area contributed by atoms with Crippen LogP contribution < -0.4 is 0 Å². The van der Waals surface area contributed by atoms with Crippen LogP contribution in [0.1, 0.15) is 11.1 Å². The number of benzene rings is 2. The molecule has 108 valence electrons. The quantitative estimate of drug-likeness (QED) is 0.435. The molecule has 22 heavy (non-hydrogen) atoms. The SMILES string of the molecule is N#Cc1cnc(SCc2cccc(F)c2)c2cccc(I)c12. The number of pyridine rings is 1. The second-order valence-corrected chi connectivity index (χ2v) is 6.80. The van der Waals surface area contributed by atoms with Crippen LogP contribution >= 0.6 is 34.4 Å². The van der Waals surface area contributed by atoms with Crippen LogP contribution in [0.5, 0.6) is 0 Å². The van der Waals surface area contributed by atoms with Gasteiger partial charge in [0.1, 0.15) is 16.9 Å². The van der Waals surface area contributed by atoms with Crippen molar-refractivity contribution in [2.24, 2.45) is 0 Å². The van der Waals surface area contributed by atoms with Gasteiger partial charge in [-0.15, -0.1) is 11.8 Å². The molecule has 0 N–H and O–H groups in total. The van der Waals surface area contributed by atoms with E-state index < -0.39 is 0 Å². The molecule has 0 bridgehead atoms. The summed E-state index contributed by atoms with van der Waals surface area (Å²) in [5.74, 6) is 0.405. The summed E-state index contributed by atoms with van der Waals surface area (Å²) in [6, 6.07) is 14.7. The van der Waals surface area contributed by atoms with Gasteiger partial charge in [-0.1, -0.05) is 24.3 Å². The monoisotopic (exact) mass is 420 g/mol. The third-order valence-corrected chi connectivity index (χ3v) is 5.18. The minimum Gasteiger partial charge on any atom is -0.248 e. The Morgan fingerprint density at radius 1 is 1.23 bits per heavy atom. The molecule has 0 fully saturated rings. The first-order valence-corrected chi connectivity index (χ1v) is 8.60. The Labute approximate surface area is 145 Å². The first kappa shape index (κ1) is 15.3. The van der Waals surface area contributed by atoms with Crippen molar-refractivity contribution in [1.82, 2.24) is 4.98 Å². The van der Waals surface area contributed by atoms with Crippen molar-refractivity contribution in [1.29, 1.82) is 5.26 Å². The highest BCUT2D eigenvalue weighted by Crippen LogP contribution is 2.32. The van der Waals surface area contributed by atoms with Gasteiger partial charge in [0.2, 0.25) is 0 Å². The summed E-state index contributed by atoms with van der Waals surface area (Å²) in [5, 5.41) is 12.0. The van der Waals surface area contributed by atoms with Crippen LogP contribution in [0.15, 0.2) is 53.7 Å². The summed E-state index contributed by atoms with van der Waals surface area (Å²) in [6.07, 6.45) is 1.61. The van der Waals surface area contributed by atoms with Crippen molar-refractivity contribution in [3.05, 3.63) is 69.2 Å². The van der Waals surface area contributed by atoms with Gasteiger partial charge in [0.25, 0.3) is 0 Å². The largest absolute Gasteiger partial charge is 0.248 e. The average molecular weight is 420 g/mol. The Balaban J connectivity index is 1.98. The maximum absolute atomic E-state index is 13.2. The van der Waals surface area contributed by atoms with Gasteiger partial charge in [0.05, 0.1) is 5.56 Å². The lowest BCUT2D eigenvalue weighted by Gasteiger charge is -2.08. The summed E-state index contributed by atoms with van der Waals surface area (Å²) >= 11 is 3.78. The molecule has 1 aromatic heterocycles. The molecule has 0 spiro atoms. The molecule has 0 saturated carbocycles. The predicted molar refractivity (Wildman–Crippen MR) is 95.1 cm³/mol. The minimum atomic E-state index is -0.231. The molecular formula is C17H10FIN2S. The van der Waals surface area contributed by atoms with Crippen molar-refractivity contribution in [2.75, 3.05) is 0 Å². The molecule has 0 aliphatic heterocycles. The average Bonchev–Trinajstić information content (AvgIpc) is 2.53. The van der Waals surface area contributed by atoms with Crippen molar-refractivity contribution >= 4 is 45.1 Å². The second kappa shape index (κ2) is 6.63. The molecule has 0 radical (unpaired) electrons. The number of nitrogens with zero attached hydrogens (tertiary/aromatic N) is 2. The lowest BCUT2D eigenvalue weighted by molar-refractivity contribution is 0.626. The third-order valence-electron chi connectivity index (χ3n) is 3.21. The normalized spacial score (nSPS) is 10.6. The van der Waals surface area contributed by atoms with E-state index in [-0.39, 0.29) is 5.82 Å². The third kappa shape index (κ3) is 3.08. The van der Waals surface area contributed by atoms with E-state index in [0.29, 0.717) is 11.3 Å². The zero-order valence-corrected chi connectivity index (χ0v) is 14.4. The molecule has 0 aliphatic rings. The van der Waals surface area contributed by atoms with E-state index in [9.17, 15) is 9.65 Å². The Morgan fingerprint density at radius 2 is 2.05 bits per heavy atom. The van der Waals surface area contributed by atoms with Crippen molar-refractivity contribution in [2.45, 2.75) is 10.8 Å². The van der Waals surface area contributed by atoms with Crippen molar-refractivity contribution < 1.29 is 4.39 Å². The summed E-state index contributed by atoms with van der Waals surface area (Å²) < 4.78 is 14.3. The zero-order valence-electron chi connectivity index (χ0n) is 11.4. The Morgan fingerprint density at radius 3 is 2.82 bits per heavy atom. The number of aromatic nitrogens is 1. The van der Waals surface area contributed by atoms with E-state index in [1.54, 1.807) is 24.0 Å². The van der Waals surface area contributed by atoms with E-state index >= 15 is 0 Å². The molecule has 2 nitrogen and oxygen atoms in total. The van der Waals surface area contributed by atoms with Crippen LogP contribution in [0, 0.1) is 20.7 Å². The maximum atomic E-state index is 13.2. The number of fused-ring (bicyclic) bond motifs is 1. The van der Waals surface area contributed by atoms with Crippen LogP contribution in [0.25, 0.3) is 10.8 Å². The number of nitriles is 1. The Hall–Kier alpha value is -1.65. The van der Waals surface area contributed by atoms with Gasteiger partial charge < -0.3 is 0 Å². The van der Waals surface area contributed by atoms with Gasteiger partial charge in [-0.3, -0.25) is 0 Å². The molecule has 3 rings (SSSR count). The van der Waals surface area contributed by atoms with E-state index in [1.165, 1.54) is 12.1 Å². The standard InChI is InChI=1S/C17H10FIN2S/c18-13-4-1-3-11(7-13)10-22-17-14-5-2-6-15(19)16(14)12(8-20)9-21-17/h1-7,9H,10H2. The number of rotatable bonds is 3. The lowest BCUT2D eigenvalue weighted by atomic mass is 10.1. The molecule has 0 atom stereocenters. The fourth-order valence-electron chi connectivity index (χ4n) is 2.21. The minimum absolute atomic E-state index is 0.231. The Kier molecular flexibility index (Phi) is 4.60. The topological polar surface area (TPSA) is 36.7 Å². The number of thioether (sulfide) groups is 1. The first-order chi connectivity index (χ1) is 10.7. The highest BCUT2D eigenvalue weighted by molar-refractivity contribution is 14.1. The molecule has 5 heteroatoms. The highest BCUT2D eigenvalue weighted by Gasteiger charge is 2.10. The molecule has 0 unspecified atom stereocenters. The van der Waals surface area contributed by atoms with Gasteiger partial charge in [0, 0.05) is 26.3 Å². The van der Waals surface area contributed by atoms with Crippen LogP contribution in [0.4, 0.5) is 4.39 Å². The summed E-state index contributed by atoms with van der Waals surface area (Å²) in [4.78, 5) is 4.40. The molecule has 0 saturated heterocycles. The highest BCUT2D eigenvalue weighted by atomic mass is 127. The fraction of sp³-hybridized carbons (Fsp3) is 0.0588. The van der Waals surface area contributed by atoms with E-state index in [0.717, 1.165) is 24.9 Å². The molecule has 1 heterocycles. The van der Waals surface area contributed by atoms with Gasteiger partial charge in [-0.05, 0) is 46.4 Å². The van der Waals surface area contributed by atoms with Gasteiger partial charge in [-0.2, -0.15) is 5.26 Å². The number of halogens is 2. The van der Waals surface area contributed by atoms with E-state index in [2.05, 4.69) is 33.6 Å². The fourth-order valence-corrected chi connectivity index (χ4v) is 3.94. The molecule has 3 aromatic rings. The van der Waals surface area contributed by atoms with Gasteiger partial charge in [0.15, 0.2) is 0 Å². The van der Waals surface area contributed by atoms with Crippen LogP contribution in [0.3, 0.4) is 0 Å². The summed E-state index contributed by atoms with van der Waals surface area (Å²) in [6.45, 7) is 0. The van der Waals surface area contributed by atoms with Crippen LogP contribution in [0.2, 0.25) is 0 Å². The number of hydrogen-bond acceptors (Lipinski definition) is 3. The van der Waals surface area contributed by atoms with E-state index in [1.807, 2.05) is 24.3 Å². The Bertz CT molecular complexity index is 889. The summed E-state index contributed by atoms with van der Waals surface area (Å²) in [7, 11) is 0. The van der Waals surface area contributed by atoms with E-state index in [4.69, 9.17) is 0 Å². The predicted octanol–water partition coefficient (Wildman–Crippen LogP) is 5.14. The van der Waals surface area contributed by atoms with Crippen LogP contribution in [-0.2, 0) is 5.75 Å². The first-order valence-electron chi connectivity index (χ1n) is 6.53. The number of hydrogen-bond donors (Lipinski definition) is 0. The molecule has 0 aliphatic carbocycles. The van der Waals surface area contributed by atoms with Gasteiger partial charge in [-0.25, -0.2) is 9.37 Å². The van der Waals surface area contributed by atoms with Crippen molar-refractivity contribution in [3.63, 3.8) is 0 Å². The smallest absolute Gasteiger partial charge is 0.123 e. The molecular weight excluding hydrogens is 410 g/mol. The lowest BCUT2D eigenvalue weighted by Crippen LogP contribution is -1.91.